The summed E-state index contributed by atoms with van der Waals surface area (Å²) in [5, 5.41) is 8.99. The van der Waals surface area contributed by atoms with E-state index in [1.165, 1.54) is 20.0 Å². The Hall–Kier alpha value is -1.14. The average Bonchev–Trinajstić information content (AvgIpc) is 2.30. The maximum absolute atomic E-state index is 13.8. The first-order valence-electron chi connectivity index (χ1n) is 4.90. The van der Waals surface area contributed by atoms with Crippen LogP contribution in [0.25, 0.3) is 0 Å². The van der Waals surface area contributed by atoms with Gasteiger partial charge in [0.05, 0.1) is 10.0 Å². The lowest BCUT2D eigenvalue weighted by Crippen LogP contribution is -2.40. The molecule has 1 amide bonds. The number of carboxylic acid groups (broad SMARTS) is 1. The summed E-state index contributed by atoms with van der Waals surface area (Å²) in [6, 6.07) is 1.42. The van der Waals surface area contributed by atoms with E-state index >= 15 is 0 Å². The van der Waals surface area contributed by atoms with E-state index in [1.54, 1.807) is 0 Å². The molecule has 0 aliphatic carbocycles. The lowest BCUT2D eigenvalue weighted by Gasteiger charge is -2.22. The van der Waals surface area contributed by atoms with Crippen molar-refractivity contribution in [3.63, 3.8) is 0 Å². The van der Waals surface area contributed by atoms with Crippen molar-refractivity contribution in [1.82, 2.24) is 4.90 Å². The standard InChI is InChI=1S/C11H10BrClFNO3/c1-5(11(17)18)15(2)10(16)7-3-6(13)4-8(12)9(7)14/h3-5H,1-2H3,(H,17,18). The van der Waals surface area contributed by atoms with Crippen molar-refractivity contribution < 1.29 is 19.1 Å². The summed E-state index contributed by atoms with van der Waals surface area (Å²) in [7, 11) is 1.29. The number of halogens is 3. The number of rotatable bonds is 3. The monoisotopic (exact) mass is 337 g/mol. The molecular formula is C11H10BrClFNO3. The molecule has 0 aliphatic heterocycles. The van der Waals surface area contributed by atoms with Gasteiger partial charge >= 0.3 is 5.97 Å². The van der Waals surface area contributed by atoms with Gasteiger partial charge in [0.2, 0.25) is 0 Å². The Balaban J connectivity index is 3.15. The summed E-state index contributed by atoms with van der Waals surface area (Å²) in [5.74, 6) is -2.69. The van der Waals surface area contributed by atoms with Crippen molar-refractivity contribution in [1.29, 1.82) is 0 Å². The van der Waals surface area contributed by atoms with Crippen molar-refractivity contribution in [2.24, 2.45) is 0 Å². The topological polar surface area (TPSA) is 57.6 Å². The molecule has 0 fully saturated rings. The zero-order valence-electron chi connectivity index (χ0n) is 9.58. The van der Waals surface area contributed by atoms with Gasteiger partial charge in [-0.25, -0.2) is 9.18 Å². The van der Waals surface area contributed by atoms with E-state index in [2.05, 4.69) is 15.9 Å². The first kappa shape index (κ1) is 14.9. The van der Waals surface area contributed by atoms with Crippen LogP contribution in [0.4, 0.5) is 4.39 Å². The maximum Gasteiger partial charge on any atom is 0.326 e. The number of aliphatic carboxylic acids is 1. The molecule has 0 heterocycles. The van der Waals surface area contributed by atoms with Gasteiger partial charge < -0.3 is 10.0 Å². The normalized spacial score (nSPS) is 12.1. The van der Waals surface area contributed by atoms with Crippen LogP contribution in [-0.2, 0) is 4.79 Å². The lowest BCUT2D eigenvalue weighted by atomic mass is 10.1. The Labute approximate surface area is 116 Å². The van der Waals surface area contributed by atoms with E-state index in [9.17, 15) is 14.0 Å². The second kappa shape index (κ2) is 5.67. The molecule has 4 nitrogen and oxygen atoms in total. The molecule has 18 heavy (non-hydrogen) atoms. The van der Waals surface area contributed by atoms with E-state index in [4.69, 9.17) is 16.7 Å². The summed E-state index contributed by atoms with van der Waals surface area (Å²) in [6.07, 6.45) is 0. The molecule has 0 radical (unpaired) electrons. The lowest BCUT2D eigenvalue weighted by molar-refractivity contribution is -0.141. The second-order valence-corrected chi connectivity index (χ2v) is 4.97. The van der Waals surface area contributed by atoms with Crippen molar-refractivity contribution in [3.05, 3.63) is 33.0 Å². The van der Waals surface area contributed by atoms with Crippen molar-refractivity contribution in [3.8, 4) is 0 Å². The summed E-state index contributed by atoms with van der Waals surface area (Å²) in [6.45, 7) is 1.33. The van der Waals surface area contributed by atoms with E-state index in [0.717, 1.165) is 11.0 Å². The molecule has 1 atom stereocenters. The highest BCUT2D eigenvalue weighted by Crippen LogP contribution is 2.25. The predicted octanol–water partition coefficient (Wildman–Crippen LogP) is 2.79. The van der Waals surface area contributed by atoms with Crippen LogP contribution in [0.3, 0.4) is 0 Å². The number of carboxylic acids is 1. The quantitative estimate of drug-likeness (QED) is 0.862. The smallest absolute Gasteiger partial charge is 0.326 e. The molecule has 1 N–H and O–H groups in total. The number of hydrogen-bond donors (Lipinski definition) is 1. The van der Waals surface area contributed by atoms with Crippen LogP contribution in [0.5, 0.6) is 0 Å². The Kier molecular flexibility index (Phi) is 4.70. The van der Waals surface area contributed by atoms with Crippen LogP contribution in [0.2, 0.25) is 5.02 Å². The molecule has 1 aromatic rings. The van der Waals surface area contributed by atoms with Crippen LogP contribution < -0.4 is 0 Å². The van der Waals surface area contributed by atoms with Gasteiger partial charge in [-0.15, -0.1) is 0 Å². The Bertz CT molecular complexity index is 509. The minimum atomic E-state index is -1.17. The molecular weight excluding hydrogens is 328 g/mol. The third-order valence-corrected chi connectivity index (χ3v) is 3.28. The fraction of sp³-hybridized carbons (Fsp3) is 0.273. The minimum Gasteiger partial charge on any atom is -0.480 e. The zero-order valence-corrected chi connectivity index (χ0v) is 11.9. The van der Waals surface area contributed by atoms with E-state index in [0.29, 0.717) is 0 Å². The van der Waals surface area contributed by atoms with Gasteiger partial charge in [0.15, 0.2) is 0 Å². The Morgan fingerprint density at radius 2 is 2.06 bits per heavy atom. The third kappa shape index (κ3) is 3.00. The number of carbonyl (C=O) groups excluding carboxylic acids is 1. The third-order valence-electron chi connectivity index (χ3n) is 2.48. The van der Waals surface area contributed by atoms with Crippen LogP contribution in [0.1, 0.15) is 17.3 Å². The number of amides is 1. The largest absolute Gasteiger partial charge is 0.480 e. The van der Waals surface area contributed by atoms with Gasteiger partial charge in [0.1, 0.15) is 11.9 Å². The first-order valence-corrected chi connectivity index (χ1v) is 6.07. The van der Waals surface area contributed by atoms with Crippen LogP contribution in [0.15, 0.2) is 16.6 Å². The van der Waals surface area contributed by atoms with Gasteiger partial charge in [-0.2, -0.15) is 0 Å². The van der Waals surface area contributed by atoms with Crippen LogP contribution in [0, 0.1) is 5.82 Å². The fourth-order valence-corrected chi connectivity index (χ4v) is 2.05. The second-order valence-electron chi connectivity index (χ2n) is 3.68. The molecule has 0 aliphatic rings. The van der Waals surface area contributed by atoms with Crippen molar-refractivity contribution in [2.75, 3.05) is 7.05 Å². The predicted molar refractivity (Wildman–Crippen MR) is 68.3 cm³/mol. The Morgan fingerprint density at radius 3 is 2.56 bits per heavy atom. The molecule has 0 saturated heterocycles. The Morgan fingerprint density at radius 1 is 1.50 bits per heavy atom. The number of carbonyl (C=O) groups is 2. The SMILES string of the molecule is CC(C(=O)O)N(C)C(=O)c1cc(Cl)cc(Br)c1F. The molecule has 0 spiro atoms. The molecule has 98 valence electrons. The van der Waals surface area contributed by atoms with Gasteiger partial charge in [0.25, 0.3) is 5.91 Å². The molecule has 0 saturated carbocycles. The minimum absolute atomic E-state index is 0.0507. The zero-order chi connectivity index (χ0) is 14.0. The highest BCUT2D eigenvalue weighted by molar-refractivity contribution is 9.10. The first-order chi connectivity index (χ1) is 8.25. The number of hydrogen-bond acceptors (Lipinski definition) is 2. The summed E-state index contributed by atoms with van der Waals surface area (Å²) in [5.41, 5.74) is -0.273. The number of likely N-dealkylation sites (N-methyl/N-ethyl adjacent to an activating group) is 1. The highest BCUT2D eigenvalue weighted by atomic mass is 79.9. The fourth-order valence-electron chi connectivity index (χ4n) is 1.24. The molecule has 1 aromatic carbocycles. The van der Waals surface area contributed by atoms with Gasteiger partial charge in [-0.05, 0) is 35.0 Å². The van der Waals surface area contributed by atoms with E-state index < -0.39 is 23.7 Å². The molecule has 1 rings (SSSR count). The summed E-state index contributed by atoms with van der Waals surface area (Å²) in [4.78, 5) is 23.7. The van der Waals surface area contributed by atoms with Crippen molar-refractivity contribution in [2.45, 2.75) is 13.0 Å². The van der Waals surface area contributed by atoms with Crippen molar-refractivity contribution >= 4 is 39.4 Å². The number of nitrogens with zero attached hydrogens (tertiary/aromatic N) is 1. The van der Waals surface area contributed by atoms with Gasteiger partial charge in [-0.3, -0.25) is 4.79 Å². The van der Waals surface area contributed by atoms with Gasteiger partial charge in [-0.1, -0.05) is 11.6 Å². The highest BCUT2D eigenvalue weighted by Gasteiger charge is 2.25. The summed E-state index contributed by atoms with van der Waals surface area (Å²) >= 11 is 8.66. The van der Waals surface area contributed by atoms with E-state index in [1.807, 2.05) is 0 Å². The average molecular weight is 339 g/mol. The van der Waals surface area contributed by atoms with Gasteiger partial charge in [0, 0.05) is 12.1 Å². The molecule has 0 bridgehead atoms. The van der Waals surface area contributed by atoms with Crippen LogP contribution >= 0.6 is 27.5 Å². The molecule has 1 unspecified atom stereocenters. The van der Waals surface area contributed by atoms with Crippen LogP contribution in [-0.4, -0.2) is 35.0 Å². The number of benzene rings is 1. The van der Waals surface area contributed by atoms with E-state index in [-0.39, 0.29) is 15.1 Å². The summed E-state index contributed by atoms with van der Waals surface area (Å²) < 4.78 is 13.8. The molecule has 7 heteroatoms. The maximum atomic E-state index is 13.8. The molecule has 0 aromatic heterocycles.